The minimum Gasteiger partial charge on any atom is -0.458 e. The highest BCUT2D eigenvalue weighted by Crippen LogP contribution is 2.46. The van der Waals surface area contributed by atoms with E-state index in [1.165, 1.54) is 22.1 Å². The van der Waals surface area contributed by atoms with E-state index in [1.807, 2.05) is 0 Å². The highest BCUT2D eigenvalue weighted by molar-refractivity contribution is 6.98. The largest absolute Gasteiger partial charge is 0.458 e. The van der Waals surface area contributed by atoms with Gasteiger partial charge in [-0.05, 0) is 91.5 Å². The number of anilines is 3. The van der Waals surface area contributed by atoms with Crippen LogP contribution in [0.2, 0.25) is 0 Å². The fourth-order valence-electron chi connectivity index (χ4n) is 7.85. The Morgan fingerprint density at radius 3 is 1.73 bits per heavy atom. The molecule has 0 bridgehead atoms. The van der Waals surface area contributed by atoms with Gasteiger partial charge in [-0.3, -0.25) is 0 Å². The quantitative estimate of drug-likeness (QED) is 0.181. The number of para-hydroxylation sites is 3. The number of fused-ring (bicyclic) bond motifs is 8. The molecule has 2 aliphatic rings. The van der Waals surface area contributed by atoms with Gasteiger partial charge in [0.25, 0.3) is 6.71 Å². The molecule has 0 atom stereocenters. The van der Waals surface area contributed by atoms with Crippen LogP contribution in [-0.2, 0) is 0 Å². The molecule has 0 saturated carbocycles. The molecule has 49 heavy (non-hydrogen) atoms. The van der Waals surface area contributed by atoms with E-state index in [-0.39, 0.29) is 6.71 Å². The first kappa shape index (κ1) is 27.9. The lowest BCUT2D eigenvalue weighted by Crippen LogP contribution is -2.57. The van der Waals surface area contributed by atoms with Crippen molar-refractivity contribution in [1.29, 1.82) is 0 Å². The molecule has 5 heteroatoms. The minimum absolute atomic E-state index is 0.00820. The number of aromatic nitrogens is 1. The third-order valence-corrected chi connectivity index (χ3v) is 9.97. The van der Waals surface area contributed by atoms with Gasteiger partial charge in [0.1, 0.15) is 17.2 Å². The van der Waals surface area contributed by atoms with Crippen molar-refractivity contribution in [3.05, 3.63) is 163 Å². The van der Waals surface area contributed by atoms with Gasteiger partial charge >= 0.3 is 0 Å². The average Bonchev–Trinajstić information content (AvgIpc) is 3.46. The van der Waals surface area contributed by atoms with Gasteiger partial charge in [-0.25, -0.2) is 0 Å². The molecule has 10 rings (SSSR count). The molecule has 3 heterocycles. The molecule has 8 aromatic rings. The van der Waals surface area contributed by atoms with Crippen molar-refractivity contribution in [3.63, 3.8) is 0 Å². The zero-order valence-electron chi connectivity index (χ0n) is 27.2. The van der Waals surface area contributed by atoms with E-state index >= 15 is 0 Å². The predicted octanol–water partition coefficient (Wildman–Crippen LogP) is 9.60. The summed E-state index contributed by atoms with van der Waals surface area (Å²) in [6, 6.07) is 53.8. The Labute approximate surface area is 285 Å². The van der Waals surface area contributed by atoms with Gasteiger partial charge in [0, 0.05) is 39.0 Å². The van der Waals surface area contributed by atoms with Crippen molar-refractivity contribution in [1.82, 2.24) is 4.57 Å². The zero-order chi connectivity index (χ0) is 32.6. The molecule has 0 saturated heterocycles. The second-order valence-corrected chi connectivity index (χ2v) is 13.1. The van der Waals surface area contributed by atoms with Crippen LogP contribution in [0.5, 0.6) is 23.0 Å². The van der Waals surface area contributed by atoms with Crippen LogP contribution in [0.15, 0.2) is 152 Å². The summed E-state index contributed by atoms with van der Waals surface area (Å²) < 4.78 is 16.2. The third-order valence-electron chi connectivity index (χ3n) is 9.97. The molecule has 232 valence electrons. The van der Waals surface area contributed by atoms with Crippen LogP contribution in [0.25, 0.3) is 27.5 Å². The van der Waals surface area contributed by atoms with E-state index in [4.69, 9.17) is 9.47 Å². The van der Waals surface area contributed by atoms with E-state index in [2.05, 4.69) is 175 Å². The summed E-state index contributed by atoms with van der Waals surface area (Å²) in [6.07, 6.45) is 0. The Morgan fingerprint density at radius 2 is 1.10 bits per heavy atom. The maximum atomic E-state index is 7.03. The number of aryl methyl sites for hydroxylation is 2. The Balaban J connectivity index is 1.30. The topological polar surface area (TPSA) is 26.6 Å². The van der Waals surface area contributed by atoms with Crippen molar-refractivity contribution in [2.24, 2.45) is 0 Å². The maximum absolute atomic E-state index is 7.03. The molecule has 0 spiro atoms. The molecule has 0 amide bonds. The van der Waals surface area contributed by atoms with Gasteiger partial charge < -0.3 is 18.9 Å². The molecule has 0 fully saturated rings. The van der Waals surface area contributed by atoms with Crippen LogP contribution >= 0.6 is 0 Å². The zero-order valence-corrected chi connectivity index (χ0v) is 27.2. The summed E-state index contributed by atoms with van der Waals surface area (Å²) in [5.74, 6) is 3.49. The minimum atomic E-state index is -0.00820. The summed E-state index contributed by atoms with van der Waals surface area (Å²) >= 11 is 0. The van der Waals surface area contributed by atoms with Gasteiger partial charge in [0.2, 0.25) is 0 Å². The number of hydrogen-bond donors (Lipinski definition) is 0. The normalized spacial score (nSPS) is 12.6. The summed E-state index contributed by atoms with van der Waals surface area (Å²) in [6.45, 7) is 4.29. The second-order valence-electron chi connectivity index (χ2n) is 13.1. The average molecular weight is 631 g/mol. The van der Waals surface area contributed by atoms with Crippen LogP contribution in [0, 0.1) is 13.8 Å². The van der Waals surface area contributed by atoms with E-state index < -0.39 is 0 Å². The predicted molar refractivity (Wildman–Crippen MR) is 203 cm³/mol. The van der Waals surface area contributed by atoms with Crippen molar-refractivity contribution >= 4 is 62.0 Å². The standard InChI is InChI=1S/C44H31BN2O2/c1-28-18-22-39-36(24-28)45-37-25-29(2)19-23-40(37)49-44-42(45)41(48-39)27-35-34-21-20-33(26-38(34)47(43(35)44)32-16-10-5-11-17-32)46(30-12-6-3-7-13-30)31-14-8-4-9-15-31/h3-27H,1-2H3. The smallest absolute Gasteiger partial charge is 0.260 e. The molecule has 0 aliphatic carbocycles. The van der Waals surface area contributed by atoms with E-state index in [0.717, 1.165) is 73.0 Å². The van der Waals surface area contributed by atoms with Crippen LogP contribution in [0.1, 0.15) is 11.1 Å². The highest BCUT2D eigenvalue weighted by Gasteiger charge is 2.42. The van der Waals surface area contributed by atoms with Crippen LogP contribution in [-0.4, -0.2) is 11.3 Å². The van der Waals surface area contributed by atoms with Gasteiger partial charge in [0.15, 0.2) is 5.75 Å². The lowest BCUT2D eigenvalue weighted by molar-refractivity contribution is 0.467. The van der Waals surface area contributed by atoms with E-state index in [0.29, 0.717) is 0 Å². The molecule has 1 aromatic heterocycles. The monoisotopic (exact) mass is 630 g/mol. The van der Waals surface area contributed by atoms with Crippen LogP contribution in [0.4, 0.5) is 17.1 Å². The molecule has 7 aromatic carbocycles. The number of benzene rings is 7. The summed E-state index contributed by atoms with van der Waals surface area (Å²) in [5, 5.41) is 2.23. The summed E-state index contributed by atoms with van der Waals surface area (Å²) in [7, 11) is 0. The van der Waals surface area contributed by atoms with Crippen molar-refractivity contribution in [2.75, 3.05) is 4.90 Å². The molecule has 0 N–H and O–H groups in total. The number of hydrogen-bond acceptors (Lipinski definition) is 3. The molecule has 4 nitrogen and oxygen atoms in total. The van der Waals surface area contributed by atoms with Crippen molar-refractivity contribution in [2.45, 2.75) is 13.8 Å². The second kappa shape index (κ2) is 10.7. The molecule has 0 unspecified atom stereocenters. The highest BCUT2D eigenvalue weighted by atomic mass is 16.5. The van der Waals surface area contributed by atoms with Crippen molar-refractivity contribution in [3.8, 4) is 28.7 Å². The summed E-state index contributed by atoms with van der Waals surface area (Å²) in [5.41, 5.74) is 12.3. The Hall–Kier alpha value is -6.20. The first-order chi connectivity index (χ1) is 24.1. The molecular weight excluding hydrogens is 599 g/mol. The fourth-order valence-corrected chi connectivity index (χ4v) is 7.85. The lowest BCUT2D eigenvalue weighted by Gasteiger charge is -2.34. The Morgan fingerprint density at radius 1 is 0.510 bits per heavy atom. The Kier molecular flexibility index (Phi) is 6.06. The number of nitrogens with zero attached hydrogens (tertiary/aromatic N) is 2. The lowest BCUT2D eigenvalue weighted by atomic mass is 9.34. The van der Waals surface area contributed by atoms with Gasteiger partial charge in [-0.15, -0.1) is 0 Å². The van der Waals surface area contributed by atoms with E-state index in [1.54, 1.807) is 0 Å². The van der Waals surface area contributed by atoms with Gasteiger partial charge in [-0.1, -0.05) is 96.1 Å². The maximum Gasteiger partial charge on any atom is 0.260 e. The fraction of sp³-hybridized carbons (Fsp3) is 0.0455. The Bertz CT molecular complexity index is 2530. The summed E-state index contributed by atoms with van der Waals surface area (Å²) in [4.78, 5) is 2.31. The first-order valence-corrected chi connectivity index (χ1v) is 16.8. The van der Waals surface area contributed by atoms with Crippen molar-refractivity contribution < 1.29 is 9.47 Å². The molecule has 0 radical (unpaired) electrons. The molecular formula is C44H31BN2O2. The first-order valence-electron chi connectivity index (χ1n) is 16.8. The number of rotatable bonds is 4. The van der Waals surface area contributed by atoms with Crippen LogP contribution in [0.3, 0.4) is 0 Å². The third kappa shape index (κ3) is 4.25. The van der Waals surface area contributed by atoms with Gasteiger partial charge in [-0.2, -0.15) is 0 Å². The van der Waals surface area contributed by atoms with E-state index in [9.17, 15) is 0 Å². The number of ether oxygens (including phenoxy) is 2. The van der Waals surface area contributed by atoms with Crippen LogP contribution < -0.4 is 30.8 Å². The SMILES string of the molecule is Cc1ccc2c(c1)B1c3cc(C)ccc3Oc3c1c(cc1c4ccc(N(c5ccccc5)c5ccccc5)cc4n(-c4ccccc4)c31)O2. The molecule has 2 aliphatic heterocycles. The van der Waals surface area contributed by atoms with Gasteiger partial charge in [0.05, 0.1) is 11.0 Å².